The minimum atomic E-state index is -0.823. The van der Waals surface area contributed by atoms with Crippen LogP contribution in [0.4, 0.5) is 4.39 Å². The Morgan fingerprint density at radius 1 is 1.14 bits per heavy atom. The zero-order valence-electron chi connectivity index (χ0n) is 15.7. The molecule has 0 aromatic heterocycles. The Hall–Kier alpha value is -3.15. The molecule has 1 amide bonds. The fourth-order valence-corrected chi connectivity index (χ4v) is 3.41. The molecule has 0 aliphatic carbocycles. The molecule has 0 saturated heterocycles. The lowest BCUT2D eigenvalue weighted by atomic mass is 9.92. The number of carbonyl (C=O) groups is 2. The summed E-state index contributed by atoms with van der Waals surface area (Å²) < 4.78 is 13.2. The third-order valence-corrected chi connectivity index (χ3v) is 4.65. The number of hydrogen-bond acceptors (Lipinski definition) is 4. The normalized spacial score (nSPS) is 16.9. The Labute approximate surface area is 162 Å². The van der Waals surface area contributed by atoms with Crippen molar-refractivity contribution < 1.29 is 24.2 Å². The van der Waals surface area contributed by atoms with Crippen molar-refractivity contribution in [1.82, 2.24) is 4.90 Å². The van der Waals surface area contributed by atoms with E-state index in [1.165, 1.54) is 29.2 Å². The number of Topliss-reactive ketones (excluding diaryl/α,β-unsaturated/α-hetero) is 1. The van der Waals surface area contributed by atoms with Crippen molar-refractivity contribution in [2.75, 3.05) is 0 Å². The van der Waals surface area contributed by atoms with Crippen molar-refractivity contribution >= 4 is 11.7 Å². The number of nitrogens with zero attached hydrogens (tertiary/aromatic N) is 1. The summed E-state index contributed by atoms with van der Waals surface area (Å²) in [7, 11) is 0. The molecule has 5 nitrogen and oxygen atoms in total. The van der Waals surface area contributed by atoms with Crippen LogP contribution in [-0.4, -0.2) is 26.8 Å². The van der Waals surface area contributed by atoms with Gasteiger partial charge in [0, 0.05) is 13.0 Å². The van der Waals surface area contributed by atoms with E-state index in [1.54, 1.807) is 24.3 Å². The average Bonchev–Trinajstić information content (AvgIpc) is 2.88. The van der Waals surface area contributed by atoms with Gasteiger partial charge in [0.15, 0.2) is 11.5 Å². The SMILES string of the molecule is CC(C)CC(=O)C1=C(O)C(=O)N(Cc2ccc(F)cc2)C1c1cccc(O)c1. The van der Waals surface area contributed by atoms with Crippen LogP contribution >= 0.6 is 0 Å². The number of rotatable bonds is 6. The first-order valence-corrected chi connectivity index (χ1v) is 9.08. The van der Waals surface area contributed by atoms with Crippen LogP contribution in [0, 0.1) is 11.7 Å². The highest BCUT2D eigenvalue weighted by Crippen LogP contribution is 2.40. The predicted molar refractivity (Wildman–Crippen MR) is 102 cm³/mol. The maximum absolute atomic E-state index is 13.2. The smallest absolute Gasteiger partial charge is 0.290 e. The summed E-state index contributed by atoms with van der Waals surface area (Å²) in [5.74, 6) is -1.89. The van der Waals surface area contributed by atoms with Crippen molar-refractivity contribution in [3.8, 4) is 5.75 Å². The second kappa shape index (κ2) is 7.84. The molecule has 1 heterocycles. The molecule has 28 heavy (non-hydrogen) atoms. The summed E-state index contributed by atoms with van der Waals surface area (Å²) >= 11 is 0. The molecule has 2 aromatic carbocycles. The lowest BCUT2D eigenvalue weighted by Gasteiger charge is -2.27. The molecule has 1 unspecified atom stereocenters. The van der Waals surface area contributed by atoms with E-state index in [1.807, 2.05) is 13.8 Å². The van der Waals surface area contributed by atoms with Gasteiger partial charge in [0.25, 0.3) is 5.91 Å². The van der Waals surface area contributed by atoms with E-state index in [0.29, 0.717) is 11.1 Å². The summed E-state index contributed by atoms with van der Waals surface area (Å²) in [6.45, 7) is 3.85. The molecule has 2 aromatic rings. The van der Waals surface area contributed by atoms with E-state index in [0.717, 1.165) is 0 Å². The minimum Gasteiger partial charge on any atom is -0.508 e. The van der Waals surface area contributed by atoms with E-state index in [2.05, 4.69) is 0 Å². The van der Waals surface area contributed by atoms with Crippen LogP contribution in [0.3, 0.4) is 0 Å². The largest absolute Gasteiger partial charge is 0.508 e. The Kier molecular flexibility index (Phi) is 5.49. The van der Waals surface area contributed by atoms with Crippen LogP contribution in [0.1, 0.15) is 37.4 Å². The van der Waals surface area contributed by atoms with Gasteiger partial charge in [-0.05, 0) is 41.3 Å². The molecule has 3 rings (SSSR count). The molecule has 6 heteroatoms. The summed E-state index contributed by atoms with van der Waals surface area (Å²) in [4.78, 5) is 27.0. The molecule has 146 valence electrons. The summed E-state index contributed by atoms with van der Waals surface area (Å²) in [6.07, 6.45) is 0.187. The van der Waals surface area contributed by atoms with Gasteiger partial charge in [-0.3, -0.25) is 9.59 Å². The third kappa shape index (κ3) is 3.91. The number of amides is 1. The number of aliphatic hydroxyl groups excluding tert-OH is 1. The van der Waals surface area contributed by atoms with Crippen molar-refractivity contribution in [2.45, 2.75) is 32.9 Å². The highest BCUT2D eigenvalue weighted by atomic mass is 19.1. The number of aromatic hydroxyl groups is 1. The van der Waals surface area contributed by atoms with Crippen LogP contribution in [0.15, 0.2) is 59.9 Å². The monoisotopic (exact) mass is 383 g/mol. The lowest BCUT2D eigenvalue weighted by Crippen LogP contribution is -2.30. The molecule has 1 atom stereocenters. The molecule has 2 N–H and O–H groups in total. The number of halogens is 1. The van der Waals surface area contributed by atoms with E-state index < -0.39 is 23.5 Å². The van der Waals surface area contributed by atoms with E-state index in [4.69, 9.17) is 0 Å². The molecular weight excluding hydrogens is 361 g/mol. The number of benzene rings is 2. The lowest BCUT2D eigenvalue weighted by molar-refractivity contribution is -0.130. The van der Waals surface area contributed by atoms with Gasteiger partial charge in [-0.15, -0.1) is 0 Å². The Morgan fingerprint density at radius 3 is 2.43 bits per heavy atom. The molecule has 0 fully saturated rings. The first kappa shape index (κ1) is 19.6. The van der Waals surface area contributed by atoms with Crippen LogP contribution in [0.25, 0.3) is 0 Å². The number of ketones is 1. The van der Waals surface area contributed by atoms with Crippen molar-refractivity contribution in [1.29, 1.82) is 0 Å². The first-order valence-electron chi connectivity index (χ1n) is 9.08. The van der Waals surface area contributed by atoms with Gasteiger partial charge in [-0.2, -0.15) is 0 Å². The van der Waals surface area contributed by atoms with Crippen LogP contribution in [0.2, 0.25) is 0 Å². The molecule has 0 radical (unpaired) electrons. The first-order chi connectivity index (χ1) is 13.3. The highest BCUT2D eigenvalue weighted by Gasteiger charge is 2.43. The van der Waals surface area contributed by atoms with Gasteiger partial charge in [0.05, 0.1) is 11.6 Å². The van der Waals surface area contributed by atoms with Crippen LogP contribution in [0.5, 0.6) is 5.75 Å². The molecule has 0 spiro atoms. The number of hydrogen-bond donors (Lipinski definition) is 2. The topological polar surface area (TPSA) is 77.8 Å². The van der Waals surface area contributed by atoms with E-state index in [-0.39, 0.29) is 36.0 Å². The van der Waals surface area contributed by atoms with Gasteiger partial charge in [-0.1, -0.05) is 38.1 Å². The second-order valence-electron chi connectivity index (χ2n) is 7.34. The summed E-state index contributed by atoms with van der Waals surface area (Å²) in [5.41, 5.74) is 1.21. The van der Waals surface area contributed by atoms with Crippen LogP contribution < -0.4 is 0 Å². The van der Waals surface area contributed by atoms with Gasteiger partial charge >= 0.3 is 0 Å². The van der Waals surface area contributed by atoms with Crippen LogP contribution in [-0.2, 0) is 16.1 Å². The number of aliphatic hydroxyl groups is 1. The number of carbonyl (C=O) groups excluding carboxylic acids is 2. The molecular formula is C22H22FNO4. The van der Waals surface area contributed by atoms with Crippen molar-refractivity contribution in [2.24, 2.45) is 5.92 Å². The summed E-state index contributed by atoms with van der Waals surface area (Å²) in [6, 6.07) is 11.1. The number of phenols is 1. The quantitative estimate of drug-likeness (QED) is 0.789. The van der Waals surface area contributed by atoms with E-state index in [9.17, 15) is 24.2 Å². The maximum Gasteiger partial charge on any atom is 0.290 e. The Bertz CT molecular complexity index is 934. The minimum absolute atomic E-state index is 0.00581. The van der Waals surface area contributed by atoms with Gasteiger partial charge in [-0.25, -0.2) is 4.39 Å². The highest BCUT2D eigenvalue weighted by molar-refractivity contribution is 6.09. The van der Waals surface area contributed by atoms with Crippen molar-refractivity contribution in [3.63, 3.8) is 0 Å². The molecule has 1 aliphatic rings. The summed E-state index contributed by atoms with van der Waals surface area (Å²) in [5, 5.41) is 20.4. The Morgan fingerprint density at radius 2 is 1.82 bits per heavy atom. The van der Waals surface area contributed by atoms with Crippen molar-refractivity contribution in [3.05, 3.63) is 76.8 Å². The van der Waals surface area contributed by atoms with Gasteiger partial charge in [0.1, 0.15) is 11.6 Å². The predicted octanol–water partition coefficient (Wildman–Crippen LogP) is 4.04. The fraction of sp³-hybridized carbons (Fsp3) is 0.273. The van der Waals surface area contributed by atoms with Gasteiger partial charge < -0.3 is 15.1 Å². The molecule has 0 saturated carbocycles. The zero-order chi connectivity index (χ0) is 20.4. The zero-order valence-corrected chi connectivity index (χ0v) is 15.7. The maximum atomic E-state index is 13.2. The van der Waals surface area contributed by atoms with E-state index >= 15 is 0 Å². The second-order valence-corrected chi connectivity index (χ2v) is 7.34. The standard InChI is InChI=1S/C22H22FNO4/c1-13(2)10-18(26)19-20(15-4-3-5-17(25)11-15)24(22(28)21(19)27)12-14-6-8-16(23)9-7-14/h3-9,11,13,20,25,27H,10,12H2,1-2H3. The Balaban J connectivity index is 2.04. The molecule has 1 aliphatic heterocycles. The molecule has 0 bridgehead atoms. The third-order valence-electron chi connectivity index (χ3n) is 4.65. The average molecular weight is 383 g/mol. The number of phenolic OH excluding ortho intramolecular Hbond substituents is 1. The fourth-order valence-electron chi connectivity index (χ4n) is 3.41. The van der Waals surface area contributed by atoms with Gasteiger partial charge in [0.2, 0.25) is 0 Å².